The van der Waals surface area contributed by atoms with Crippen LogP contribution in [0.2, 0.25) is 0 Å². The number of rotatable bonds is 9. The number of aromatic nitrogens is 5. The number of carbonyl (C=O) groups is 2. The van der Waals surface area contributed by atoms with Crippen molar-refractivity contribution in [2.24, 2.45) is 0 Å². The molecule has 1 aliphatic carbocycles. The minimum atomic E-state index is -0.587. The maximum atomic E-state index is 13.9. The molecule has 1 atom stereocenters. The number of hydrogen-bond acceptors (Lipinski definition) is 8. The standard InChI is InChI=1S/C20H22FN7O2S2/c1-3-28-16(11(2)22-17(30)13-6-4-5-7-14(13)21)24-27-20(28)31-10-15(29)23-19-26-25-18(32-19)12-8-9-12/h4-7,11-12H,3,8-10H2,1-2H3,(H,22,30)(H,23,26,29). The van der Waals surface area contributed by atoms with Crippen molar-refractivity contribution >= 4 is 40.0 Å². The SMILES string of the molecule is CCn1c(SCC(=O)Nc2nnc(C3CC3)s2)nnc1C(C)NC(=O)c1ccccc1F. The molecule has 1 saturated carbocycles. The zero-order chi connectivity index (χ0) is 22.7. The van der Waals surface area contributed by atoms with Crippen molar-refractivity contribution in [1.82, 2.24) is 30.3 Å². The summed E-state index contributed by atoms with van der Waals surface area (Å²) in [6.07, 6.45) is 2.26. The summed E-state index contributed by atoms with van der Waals surface area (Å²) >= 11 is 2.65. The second-order valence-electron chi connectivity index (χ2n) is 7.32. The van der Waals surface area contributed by atoms with E-state index in [0.29, 0.717) is 28.6 Å². The Morgan fingerprint density at radius 1 is 1.25 bits per heavy atom. The summed E-state index contributed by atoms with van der Waals surface area (Å²) in [5.41, 5.74) is -0.0327. The summed E-state index contributed by atoms with van der Waals surface area (Å²) in [6.45, 7) is 4.22. The highest BCUT2D eigenvalue weighted by molar-refractivity contribution is 7.99. The molecule has 12 heteroatoms. The number of nitrogens with zero attached hydrogens (tertiary/aromatic N) is 5. The summed E-state index contributed by atoms with van der Waals surface area (Å²) in [4.78, 5) is 24.7. The molecule has 2 aromatic heterocycles. The van der Waals surface area contributed by atoms with Gasteiger partial charge in [0, 0.05) is 12.5 Å². The molecular formula is C20H22FN7O2S2. The van der Waals surface area contributed by atoms with Crippen LogP contribution >= 0.6 is 23.1 Å². The maximum absolute atomic E-state index is 13.9. The molecule has 1 unspecified atom stereocenters. The molecule has 9 nitrogen and oxygen atoms in total. The van der Waals surface area contributed by atoms with Crippen molar-refractivity contribution in [1.29, 1.82) is 0 Å². The topological polar surface area (TPSA) is 115 Å². The van der Waals surface area contributed by atoms with Gasteiger partial charge in [-0.2, -0.15) is 0 Å². The quantitative estimate of drug-likeness (QED) is 0.456. The predicted molar refractivity (Wildman–Crippen MR) is 119 cm³/mol. The lowest BCUT2D eigenvalue weighted by Gasteiger charge is -2.15. The van der Waals surface area contributed by atoms with E-state index < -0.39 is 17.8 Å². The molecular weight excluding hydrogens is 453 g/mol. The van der Waals surface area contributed by atoms with Gasteiger partial charge >= 0.3 is 0 Å². The van der Waals surface area contributed by atoms with Crippen molar-refractivity contribution < 1.29 is 14.0 Å². The highest BCUT2D eigenvalue weighted by Crippen LogP contribution is 2.42. The third-order valence-corrected chi connectivity index (χ3v) is 6.83. The number of nitrogens with one attached hydrogen (secondary N) is 2. The number of thioether (sulfide) groups is 1. The summed E-state index contributed by atoms with van der Waals surface area (Å²) in [6, 6.07) is 5.29. The molecule has 1 aliphatic rings. The fraction of sp³-hybridized carbons (Fsp3) is 0.400. The Balaban J connectivity index is 1.35. The van der Waals surface area contributed by atoms with Crippen LogP contribution in [0.4, 0.5) is 9.52 Å². The molecule has 2 heterocycles. The predicted octanol–water partition coefficient (Wildman–Crippen LogP) is 3.39. The van der Waals surface area contributed by atoms with Gasteiger partial charge in [0.15, 0.2) is 11.0 Å². The number of amides is 2. The average Bonchev–Trinajstić information content (AvgIpc) is 3.38. The number of anilines is 1. The monoisotopic (exact) mass is 475 g/mol. The Morgan fingerprint density at radius 2 is 2.03 bits per heavy atom. The van der Waals surface area contributed by atoms with Gasteiger partial charge < -0.3 is 9.88 Å². The fourth-order valence-electron chi connectivity index (χ4n) is 3.07. The molecule has 4 rings (SSSR count). The fourth-order valence-corrected chi connectivity index (χ4v) is 4.81. The molecule has 3 aromatic rings. The van der Waals surface area contributed by atoms with Crippen LogP contribution in [-0.2, 0) is 11.3 Å². The molecule has 0 bridgehead atoms. The Bertz CT molecular complexity index is 1130. The first-order chi connectivity index (χ1) is 15.5. The highest BCUT2D eigenvalue weighted by atomic mass is 32.2. The second-order valence-corrected chi connectivity index (χ2v) is 9.27. The van der Waals surface area contributed by atoms with Gasteiger partial charge in [0.1, 0.15) is 10.8 Å². The van der Waals surface area contributed by atoms with E-state index in [1.54, 1.807) is 13.0 Å². The van der Waals surface area contributed by atoms with E-state index in [4.69, 9.17) is 0 Å². The summed E-state index contributed by atoms with van der Waals surface area (Å²) in [5.74, 6) is -0.171. The van der Waals surface area contributed by atoms with Crippen LogP contribution in [0.5, 0.6) is 0 Å². The first-order valence-corrected chi connectivity index (χ1v) is 12.0. The van der Waals surface area contributed by atoms with Crippen LogP contribution in [0.1, 0.15) is 59.8 Å². The van der Waals surface area contributed by atoms with Crippen molar-refractivity contribution in [3.8, 4) is 0 Å². The normalized spacial score (nSPS) is 14.2. The van der Waals surface area contributed by atoms with Crippen LogP contribution in [-0.4, -0.2) is 42.5 Å². The lowest BCUT2D eigenvalue weighted by molar-refractivity contribution is -0.113. The minimum absolute atomic E-state index is 0.0327. The lowest BCUT2D eigenvalue weighted by atomic mass is 10.2. The van der Waals surface area contributed by atoms with Crippen LogP contribution in [0.15, 0.2) is 29.4 Å². The van der Waals surface area contributed by atoms with Gasteiger partial charge in [0.25, 0.3) is 5.91 Å². The van der Waals surface area contributed by atoms with E-state index in [2.05, 4.69) is 31.0 Å². The first-order valence-electron chi connectivity index (χ1n) is 10.2. The average molecular weight is 476 g/mol. The number of carbonyl (C=O) groups excluding carboxylic acids is 2. The van der Waals surface area contributed by atoms with Gasteiger partial charge in [-0.05, 0) is 38.8 Å². The van der Waals surface area contributed by atoms with Gasteiger partial charge in [0.2, 0.25) is 11.0 Å². The summed E-state index contributed by atoms with van der Waals surface area (Å²) in [7, 11) is 0. The number of halogens is 1. The molecule has 32 heavy (non-hydrogen) atoms. The molecule has 1 aromatic carbocycles. The Kier molecular flexibility index (Phi) is 6.80. The van der Waals surface area contributed by atoms with E-state index in [1.165, 1.54) is 41.3 Å². The van der Waals surface area contributed by atoms with Crippen molar-refractivity contribution in [3.05, 3.63) is 46.5 Å². The van der Waals surface area contributed by atoms with Crippen molar-refractivity contribution in [2.45, 2.75) is 50.4 Å². The molecule has 0 saturated heterocycles. The molecule has 2 amide bonds. The number of hydrogen-bond donors (Lipinski definition) is 2. The smallest absolute Gasteiger partial charge is 0.254 e. The van der Waals surface area contributed by atoms with Gasteiger partial charge in [-0.25, -0.2) is 4.39 Å². The Hall–Kier alpha value is -2.86. The molecule has 1 fully saturated rings. The van der Waals surface area contributed by atoms with Crippen LogP contribution < -0.4 is 10.6 Å². The van der Waals surface area contributed by atoms with Crippen molar-refractivity contribution in [3.63, 3.8) is 0 Å². The van der Waals surface area contributed by atoms with Gasteiger partial charge in [-0.3, -0.25) is 14.9 Å². The highest BCUT2D eigenvalue weighted by Gasteiger charge is 2.28. The lowest BCUT2D eigenvalue weighted by Crippen LogP contribution is -2.29. The van der Waals surface area contributed by atoms with E-state index in [-0.39, 0.29) is 17.2 Å². The van der Waals surface area contributed by atoms with Crippen LogP contribution in [0.25, 0.3) is 0 Å². The Morgan fingerprint density at radius 3 is 2.75 bits per heavy atom. The van der Waals surface area contributed by atoms with E-state index in [1.807, 2.05) is 11.5 Å². The second kappa shape index (κ2) is 9.74. The third-order valence-electron chi connectivity index (χ3n) is 4.86. The largest absolute Gasteiger partial charge is 0.342 e. The van der Waals surface area contributed by atoms with Crippen LogP contribution in [0.3, 0.4) is 0 Å². The van der Waals surface area contributed by atoms with E-state index in [0.717, 1.165) is 17.8 Å². The maximum Gasteiger partial charge on any atom is 0.254 e. The molecule has 168 valence electrons. The van der Waals surface area contributed by atoms with E-state index in [9.17, 15) is 14.0 Å². The van der Waals surface area contributed by atoms with Crippen molar-refractivity contribution in [2.75, 3.05) is 11.1 Å². The zero-order valence-electron chi connectivity index (χ0n) is 17.5. The molecule has 2 N–H and O–H groups in total. The molecule has 0 aliphatic heterocycles. The summed E-state index contributed by atoms with van der Waals surface area (Å²) < 4.78 is 15.7. The van der Waals surface area contributed by atoms with Gasteiger partial charge in [0.05, 0.1) is 17.4 Å². The van der Waals surface area contributed by atoms with E-state index >= 15 is 0 Å². The molecule has 0 spiro atoms. The molecule has 0 radical (unpaired) electrons. The third kappa shape index (κ3) is 5.13. The van der Waals surface area contributed by atoms with Gasteiger partial charge in [-0.1, -0.05) is 35.2 Å². The zero-order valence-corrected chi connectivity index (χ0v) is 19.2. The minimum Gasteiger partial charge on any atom is -0.342 e. The van der Waals surface area contributed by atoms with Crippen LogP contribution in [0, 0.1) is 5.82 Å². The summed E-state index contributed by atoms with van der Waals surface area (Å²) in [5, 5.41) is 24.0. The Labute approximate surface area is 192 Å². The number of benzene rings is 1. The van der Waals surface area contributed by atoms with Gasteiger partial charge in [-0.15, -0.1) is 20.4 Å². The first kappa shape index (κ1) is 22.3.